The van der Waals surface area contributed by atoms with Crippen LogP contribution in [-0.2, 0) is 7.05 Å². The van der Waals surface area contributed by atoms with Crippen molar-refractivity contribution >= 4 is 29.9 Å². The van der Waals surface area contributed by atoms with Gasteiger partial charge >= 0.3 is 0 Å². The molecular formula is C9H9BN2. The molecule has 1 aromatic heterocycles. The summed E-state index contributed by atoms with van der Waals surface area (Å²) < 4.78 is 1.99. The van der Waals surface area contributed by atoms with Crippen molar-refractivity contribution < 1.29 is 0 Å². The Kier molecular flexibility index (Phi) is 1.40. The van der Waals surface area contributed by atoms with Crippen LogP contribution in [0.25, 0.3) is 10.9 Å². The van der Waals surface area contributed by atoms with Crippen LogP contribution in [0.2, 0.25) is 0 Å². The predicted octanol–water partition coefficient (Wildman–Crippen LogP) is 0.554. The first kappa shape index (κ1) is 7.28. The van der Waals surface area contributed by atoms with Crippen molar-refractivity contribution in [3.8, 4) is 0 Å². The van der Waals surface area contributed by atoms with E-state index in [4.69, 9.17) is 13.6 Å². The minimum Gasteiger partial charge on any atom is -0.399 e. The molecule has 1 aromatic carbocycles. The van der Waals surface area contributed by atoms with E-state index in [0.29, 0.717) is 5.69 Å². The summed E-state index contributed by atoms with van der Waals surface area (Å²) in [6.45, 7) is 0. The summed E-state index contributed by atoms with van der Waals surface area (Å²) in [6.07, 6.45) is 1.97. The van der Waals surface area contributed by atoms with Gasteiger partial charge in [-0.2, -0.15) is 0 Å². The molecule has 0 saturated heterocycles. The Morgan fingerprint density at radius 3 is 2.92 bits per heavy atom. The van der Waals surface area contributed by atoms with Crippen molar-refractivity contribution in [1.82, 2.24) is 4.57 Å². The number of hydrogen-bond acceptors (Lipinski definition) is 1. The first-order valence-electron chi connectivity index (χ1n) is 3.78. The van der Waals surface area contributed by atoms with Gasteiger partial charge in [0.05, 0.1) is 0 Å². The highest BCUT2D eigenvalue weighted by Crippen LogP contribution is 2.14. The number of nitrogen functional groups attached to an aromatic ring is 1. The van der Waals surface area contributed by atoms with Gasteiger partial charge in [0.25, 0.3) is 0 Å². The van der Waals surface area contributed by atoms with E-state index in [1.165, 1.54) is 0 Å². The first-order chi connectivity index (χ1) is 5.68. The average molecular weight is 156 g/mol. The highest BCUT2D eigenvalue weighted by atomic mass is 14.9. The summed E-state index contributed by atoms with van der Waals surface area (Å²) >= 11 is 0. The molecule has 58 valence electrons. The molecule has 0 bridgehead atoms. The topological polar surface area (TPSA) is 30.9 Å². The smallest absolute Gasteiger partial charge is 0.116 e. The summed E-state index contributed by atoms with van der Waals surface area (Å²) in [7, 11) is 7.77. The summed E-state index contributed by atoms with van der Waals surface area (Å²) in [4.78, 5) is 0. The van der Waals surface area contributed by atoms with Gasteiger partial charge in [0, 0.05) is 29.8 Å². The van der Waals surface area contributed by atoms with Crippen LogP contribution < -0.4 is 11.2 Å². The molecule has 2 rings (SSSR count). The van der Waals surface area contributed by atoms with E-state index in [1.807, 2.05) is 29.9 Å². The summed E-state index contributed by atoms with van der Waals surface area (Å²) in [6, 6.07) is 5.70. The molecule has 2 N–H and O–H groups in total. The molecule has 2 radical (unpaired) electrons. The molecule has 2 nitrogen and oxygen atoms in total. The van der Waals surface area contributed by atoms with E-state index in [0.717, 1.165) is 16.4 Å². The number of benzene rings is 1. The van der Waals surface area contributed by atoms with E-state index in [-0.39, 0.29) is 0 Å². The Balaban J connectivity index is 2.93. The van der Waals surface area contributed by atoms with Crippen LogP contribution in [0.3, 0.4) is 0 Å². The summed E-state index contributed by atoms with van der Waals surface area (Å²) in [5.41, 5.74) is 8.14. The van der Waals surface area contributed by atoms with Crippen LogP contribution in [0.4, 0.5) is 5.69 Å². The molecule has 12 heavy (non-hydrogen) atoms. The van der Waals surface area contributed by atoms with E-state index in [1.54, 1.807) is 6.07 Å². The fourth-order valence-corrected chi connectivity index (χ4v) is 1.51. The standard InChI is InChI=1S/C9H9BN2/c1-12-3-2-6-4-7(11)5-8(10)9(6)12/h2-5H,11H2,1H3. The molecule has 1 heterocycles. The molecule has 3 heteroatoms. The lowest BCUT2D eigenvalue weighted by Gasteiger charge is -2.02. The average Bonchev–Trinajstić information content (AvgIpc) is 2.31. The lowest BCUT2D eigenvalue weighted by Crippen LogP contribution is -2.08. The van der Waals surface area contributed by atoms with Gasteiger partial charge in [-0.25, -0.2) is 0 Å². The SMILES string of the molecule is [B]c1cc(N)cc2ccn(C)c12. The number of rotatable bonds is 0. The zero-order chi connectivity index (χ0) is 8.72. The number of aromatic nitrogens is 1. The Labute approximate surface area is 72.4 Å². The number of aryl methyl sites for hydroxylation is 1. The van der Waals surface area contributed by atoms with Gasteiger partial charge in [0.1, 0.15) is 7.85 Å². The quantitative estimate of drug-likeness (QED) is 0.438. The minimum absolute atomic E-state index is 0.714. The molecule has 0 atom stereocenters. The maximum absolute atomic E-state index is 5.80. The molecular weight excluding hydrogens is 147 g/mol. The highest BCUT2D eigenvalue weighted by molar-refractivity contribution is 6.38. The van der Waals surface area contributed by atoms with Gasteiger partial charge in [-0.05, 0) is 18.2 Å². The third-order valence-electron chi connectivity index (χ3n) is 2.02. The maximum atomic E-state index is 5.80. The molecule has 0 saturated carbocycles. The van der Waals surface area contributed by atoms with Gasteiger partial charge in [-0.15, -0.1) is 0 Å². The van der Waals surface area contributed by atoms with Crippen LogP contribution in [-0.4, -0.2) is 12.4 Å². The number of hydrogen-bond donors (Lipinski definition) is 1. The molecule has 0 spiro atoms. The van der Waals surface area contributed by atoms with Crippen LogP contribution in [0, 0.1) is 0 Å². The molecule has 0 fully saturated rings. The molecule has 0 unspecified atom stereocenters. The van der Waals surface area contributed by atoms with E-state index < -0.39 is 0 Å². The molecule has 0 aliphatic heterocycles. The normalized spacial score (nSPS) is 10.8. The zero-order valence-electron chi connectivity index (χ0n) is 6.91. The van der Waals surface area contributed by atoms with Crippen LogP contribution in [0.15, 0.2) is 24.4 Å². The Hall–Kier alpha value is -1.38. The largest absolute Gasteiger partial charge is 0.399 e. The van der Waals surface area contributed by atoms with Gasteiger partial charge in [-0.1, -0.05) is 5.46 Å². The monoisotopic (exact) mass is 156 g/mol. The van der Waals surface area contributed by atoms with Crippen molar-refractivity contribution in [1.29, 1.82) is 0 Å². The summed E-state index contributed by atoms with van der Waals surface area (Å²) in [5.74, 6) is 0. The molecule has 0 aliphatic carbocycles. The van der Waals surface area contributed by atoms with Gasteiger partial charge in [-0.3, -0.25) is 0 Å². The number of nitrogens with two attached hydrogens (primary N) is 1. The fraction of sp³-hybridized carbons (Fsp3) is 0.111. The Morgan fingerprint density at radius 2 is 2.17 bits per heavy atom. The van der Waals surface area contributed by atoms with Crippen LogP contribution in [0.5, 0.6) is 0 Å². The van der Waals surface area contributed by atoms with Crippen molar-refractivity contribution in [3.05, 3.63) is 24.4 Å². The second-order valence-corrected chi connectivity index (χ2v) is 2.97. The number of nitrogens with zero attached hydrogens (tertiary/aromatic N) is 1. The van der Waals surface area contributed by atoms with Crippen molar-refractivity contribution in [2.24, 2.45) is 7.05 Å². The minimum atomic E-state index is 0.714. The maximum Gasteiger partial charge on any atom is 0.116 e. The Bertz CT molecular complexity index is 431. The lowest BCUT2D eigenvalue weighted by atomic mass is 9.93. The van der Waals surface area contributed by atoms with E-state index in [2.05, 4.69) is 0 Å². The second kappa shape index (κ2) is 2.30. The van der Waals surface area contributed by atoms with E-state index in [9.17, 15) is 0 Å². The summed E-state index contributed by atoms with van der Waals surface area (Å²) in [5, 5.41) is 1.09. The third-order valence-corrected chi connectivity index (χ3v) is 2.02. The third kappa shape index (κ3) is 0.898. The molecule has 2 aromatic rings. The second-order valence-electron chi connectivity index (χ2n) is 2.97. The van der Waals surface area contributed by atoms with Gasteiger partial charge in [0.2, 0.25) is 0 Å². The van der Waals surface area contributed by atoms with Crippen molar-refractivity contribution in [2.75, 3.05) is 5.73 Å². The highest BCUT2D eigenvalue weighted by Gasteiger charge is 2.01. The Morgan fingerprint density at radius 1 is 1.42 bits per heavy atom. The van der Waals surface area contributed by atoms with Crippen LogP contribution in [0.1, 0.15) is 0 Å². The predicted molar refractivity (Wildman–Crippen MR) is 52.7 cm³/mol. The van der Waals surface area contributed by atoms with E-state index >= 15 is 0 Å². The van der Waals surface area contributed by atoms with Crippen molar-refractivity contribution in [2.45, 2.75) is 0 Å². The van der Waals surface area contributed by atoms with Crippen LogP contribution >= 0.6 is 0 Å². The lowest BCUT2D eigenvalue weighted by molar-refractivity contribution is 0.972. The van der Waals surface area contributed by atoms with Crippen molar-refractivity contribution in [3.63, 3.8) is 0 Å². The zero-order valence-corrected chi connectivity index (χ0v) is 6.91. The van der Waals surface area contributed by atoms with Gasteiger partial charge in [0.15, 0.2) is 0 Å². The molecule has 0 amide bonds. The fourth-order valence-electron chi connectivity index (χ4n) is 1.51. The van der Waals surface area contributed by atoms with Gasteiger partial charge < -0.3 is 10.3 Å². The number of fused-ring (bicyclic) bond motifs is 1. The number of anilines is 1. The molecule has 0 aliphatic rings. The first-order valence-corrected chi connectivity index (χ1v) is 3.78.